The topological polar surface area (TPSA) is 84.5 Å². The molecule has 2 N–H and O–H groups in total. The lowest BCUT2D eigenvalue weighted by Gasteiger charge is -2.30. The summed E-state index contributed by atoms with van der Waals surface area (Å²) >= 11 is 0. The number of amides is 2. The van der Waals surface area contributed by atoms with Gasteiger partial charge < -0.3 is 15.4 Å². The van der Waals surface area contributed by atoms with E-state index in [1.165, 1.54) is 39.2 Å². The molecule has 3 rings (SSSR count). The zero-order chi connectivity index (χ0) is 21.3. The van der Waals surface area contributed by atoms with Crippen molar-refractivity contribution in [2.24, 2.45) is 11.8 Å². The maximum absolute atomic E-state index is 12.8. The molecule has 0 bridgehead atoms. The van der Waals surface area contributed by atoms with Gasteiger partial charge in [0.25, 0.3) is 0 Å². The van der Waals surface area contributed by atoms with E-state index in [0.29, 0.717) is 30.7 Å². The van der Waals surface area contributed by atoms with Crippen molar-refractivity contribution in [1.29, 1.82) is 0 Å². The van der Waals surface area contributed by atoms with Crippen LogP contribution in [0.2, 0.25) is 0 Å². The Bertz CT molecular complexity index is 707. The van der Waals surface area contributed by atoms with Crippen molar-refractivity contribution < 1.29 is 19.1 Å². The number of esters is 1. The molecule has 2 aliphatic carbocycles. The molecule has 0 aromatic heterocycles. The van der Waals surface area contributed by atoms with Crippen molar-refractivity contribution in [3.05, 3.63) is 35.9 Å². The van der Waals surface area contributed by atoms with Gasteiger partial charge in [-0.15, -0.1) is 0 Å². The number of rotatable bonds is 7. The molecule has 2 aliphatic rings. The highest BCUT2D eigenvalue weighted by molar-refractivity contribution is 5.86. The summed E-state index contributed by atoms with van der Waals surface area (Å²) in [5, 5.41) is 6.04. The number of carbonyl (C=O) groups is 3. The van der Waals surface area contributed by atoms with Crippen LogP contribution < -0.4 is 10.6 Å². The average molecular weight is 415 g/mol. The summed E-state index contributed by atoms with van der Waals surface area (Å²) in [7, 11) is 1.33. The molecule has 1 aromatic carbocycles. The molecule has 2 amide bonds. The van der Waals surface area contributed by atoms with E-state index >= 15 is 0 Å². The van der Waals surface area contributed by atoms with Gasteiger partial charge in [0.15, 0.2) is 6.04 Å². The summed E-state index contributed by atoms with van der Waals surface area (Å²) in [6.07, 6.45) is 9.77. The summed E-state index contributed by atoms with van der Waals surface area (Å²) in [6.45, 7) is 0. The Balaban J connectivity index is 1.46. The first-order valence-corrected chi connectivity index (χ1v) is 11.3. The lowest BCUT2D eigenvalue weighted by molar-refractivity contribution is -0.146. The third-order valence-electron chi connectivity index (χ3n) is 6.52. The van der Waals surface area contributed by atoms with Crippen molar-refractivity contribution in [3.63, 3.8) is 0 Å². The summed E-state index contributed by atoms with van der Waals surface area (Å²) in [4.78, 5) is 37.3. The van der Waals surface area contributed by atoms with Crippen LogP contribution >= 0.6 is 0 Å². The largest absolute Gasteiger partial charge is 0.467 e. The highest BCUT2D eigenvalue weighted by Crippen LogP contribution is 2.28. The summed E-state index contributed by atoms with van der Waals surface area (Å²) in [5.41, 5.74) is 0.710. The average Bonchev–Trinajstić information content (AvgIpc) is 2.78. The van der Waals surface area contributed by atoms with Gasteiger partial charge in [0.2, 0.25) is 11.8 Å². The number of hydrogen-bond acceptors (Lipinski definition) is 4. The first kappa shape index (κ1) is 22.3. The fourth-order valence-electron chi connectivity index (χ4n) is 4.74. The van der Waals surface area contributed by atoms with E-state index < -0.39 is 12.0 Å². The molecule has 0 aliphatic heterocycles. The Labute approximate surface area is 179 Å². The summed E-state index contributed by atoms with van der Waals surface area (Å²) in [5.74, 6) is -0.0504. The molecule has 1 aromatic rings. The Hall–Kier alpha value is -2.37. The second kappa shape index (κ2) is 11.1. The molecular formula is C24H34N2O4. The van der Waals surface area contributed by atoms with Crippen molar-refractivity contribution in [2.75, 3.05) is 7.11 Å². The number of benzene rings is 1. The van der Waals surface area contributed by atoms with Crippen LogP contribution in [0.15, 0.2) is 30.3 Å². The second-order valence-electron chi connectivity index (χ2n) is 8.70. The van der Waals surface area contributed by atoms with Gasteiger partial charge in [-0.2, -0.15) is 0 Å². The van der Waals surface area contributed by atoms with Gasteiger partial charge in [-0.3, -0.25) is 9.59 Å². The number of methoxy groups -OCH3 is 1. The van der Waals surface area contributed by atoms with Crippen LogP contribution in [0.4, 0.5) is 0 Å². The van der Waals surface area contributed by atoms with Crippen LogP contribution in [0.5, 0.6) is 0 Å². The first-order valence-electron chi connectivity index (χ1n) is 11.3. The molecule has 1 atom stereocenters. The van der Waals surface area contributed by atoms with Crippen molar-refractivity contribution in [1.82, 2.24) is 10.6 Å². The number of carbonyl (C=O) groups excluding carboxylic acids is 3. The van der Waals surface area contributed by atoms with Gasteiger partial charge in [-0.05, 0) is 50.0 Å². The molecule has 2 saturated carbocycles. The van der Waals surface area contributed by atoms with E-state index in [9.17, 15) is 14.4 Å². The van der Waals surface area contributed by atoms with Crippen LogP contribution in [-0.2, 0) is 19.1 Å². The number of ether oxygens (including phenoxy) is 1. The predicted octanol–water partition coefficient (Wildman–Crippen LogP) is 3.66. The molecular weight excluding hydrogens is 380 g/mol. The normalized spacial score (nSPS) is 23.2. The number of hydrogen-bond donors (Lipinski definition) is 2. The maximum atomic E-state index is 12.8. The molecule has 0 radical (unpaired) electrons. The Morgan fingerprint density at radius 1 is 0.967 bits per heavy atom. The summed E-state index contributed by atoms with van der Waals surface area (Å²) < 4.78 is 4.88. The highest BCUT2D eigenvalue weighted by Gasteiger charge is 2.31. The molecule has 2 fully saturated rings. The standard InChI is InChI=1S/C24H34N2O4/c1-30-24(29)22(18-10-6-3-7-11-18)26-23(28)19-12-14-20(15-13-19)25-21(27)16-17-8-4-2-5-9-17/h3,6-7,10-11,17,19-20,22H,2,4-5,8-9,12-16H2,1H3,(H,25,27)(H,26,28). The lowest BCUT2D eigenvalue weighted by Crippen LogP contribution is -2.43. The van der Waals surface area contributed by atoms with E-state index in [4.69, 9.17) is 4.74 Å². The minimum Gasteiger partial charge on any atom is -0.467 e. The molecule has 6 heteroatoms. The Morgan fingerprint density at radius 3 is 2.27 bits per heavy atom. The van der Waals surface area contributed by atoms with Crippen LogP contribution in [0.25, 0.3) is 0 Å². The van der Waals surface area contributed by atoms with E-state index in [1.54, 1.807) is 12.1 Å². The summed E-state index contributed by atoms with van der Waals surface area (Å²) in [6, 6.07) is 8.49. The maximum Gasteiger partial charge on any atom is 0.333 e. The lowest BCUT2D eigenvalue weighted by atomic mass is 9.84. The predicted molar refractivity (Wildman–Crippen MR) is 114 cm³/mol. The van der Waals surface area contributed by atoms with Gasteiger partial charge in [-0.25, -0.2) is 4.79 Å². The fourth-order valence-corrected chi connectivity index (χ4v) is 4.74. The van der Waals surface area contributed by atoms with E-state index in [0.717, 1.165) is 12.8 Å². The van der Waals surface area contributed by atoms with Crippen molar-refractivity contribution >= 4 is 17.8 Å². The van der Waals surface area contributed by atoms with Gasteiger partial charge in [0.05, 0.1) is 7.11 Å². The monoisotopic (exact) mass is 414 g/mol. The third-order valence-corrected chi connectivity index (χ3v) is 6.52. The highest BCUT2D eigenvalue weighted by atomic mass is 16.5. The van der Waals surface area contributed by atoms with Gasteiger partial charge in [0, 0.05) is 18.4 Å². The van der Waals surface area contributed by atoms with Gasteiger partial charge in [0.1, 0.15) is 0 Å². The Morgan fingerprint density at radius 2 is 1.63 bits per heavy atom. The minimum atomic E-state index is -0.795. The fraction of sp³-hybridized carbons (Fsp3) is 0.625. The van der Waals surface area contributed by atoms with Crippen LogP contribution in [0.3, 0.4) is 0 Å². The molecule has 6 nitrogen and oxygen atoms in total. The second-order valence-corrected chi connectivity index (χ2v) is 8.70. The van der Waals surface area contributed by atoms with Crippen molar-refractivity contribution in [3.8, 4) is 0 Å². The molecule has 0 saturated heterocycles. The van der Waals surface area contributed by atoms with E-state index in [-0.39, 0.29) is 23.8 Å². The van der Waals surface area contributed by atoms with Gasteiger partial charge in [-0.1, -0.05) is 49.6 Å². The molecule has 164 valence electrons. The van der Waals surface area contributed by atoms with Crippen LogP contribution in [0.1, 0.15) is 75.8 Å². The smallest absolute Gasteiger partial charge is 0.333 e. The zero-order valence-electron chi connectivity index (χ0n) is 17.9. The minimum absolute atomic E-state index is 0.124. The first-order chi connectivity index (χ1) is 14.6. The van der Waals surface area contributed by atoms with Crippen LogP contribution in [0, 0.1) is 11.8 Å². The zero-order valence-corrected chi connectivity index (χ0v) is 17.9. The SMILES string of the molecule is COC(=O)C(NC(=O)C1CCC(NC(=O)CC2CCCCC2)CC1)c1ccccc1. The quantitative estimate of drug-likeness (QED) is 0.667. The molecule has 0 heterocycles. The molecule has 30 heavy (non-hydrogen) atoms. The van der Waals surface area contributed by atoms with E-state index in [1.807, 2.05) is 18.2 Å². The van der Waals surface area contributed by atoms with Crippen LogP contribution in [-0.4, -0.2) is 30.9 Å². The molecule has 1 unspecified atom stereocenters. The van der Waals surface area contributed by atoms with Crippen molar-refractivity contribution in [2.45, 2.75) is 76.3 Å². The van der Waals surface area contributed by atoms with E-state index in [2.05, 4.69) is 10.6 Å². The van der Waals surface area contributed by atoms with Gasteiger partial charge >= 0.3 is 5.97 Å². The molecule has 0 spiro atoms. The number of nitrogens with one attached hydrogen (secondary N) is 2. The third kappa shape index (κ3) is 6.31. The Kier molecular flexibility index (Phi) is 8.29.